The first kappa shape index (κ1) is 17.2. The zero-order valence-electron chi connectivity index (χ0n) is 13.8. The minimum Gasteiger partial charge on any atom is -0.376 e. The summed E-state index contributed by atoms with van der Waals surface area (Å²) in [5.74, 6) is 1.86. The second kappa shape index (κ2) is 7.53. The second-order valence-corrected chi connectivity index (χ2v) is 7.47. The van der Waals surface area contributed by atoms with Crippen LogP contribution in [0.3, 0.4) is 0 Å². The first-order valence-electron chi connectivity index (χ1n) is 8.32. The number of ether oxygens (including phenoxy) is 1. The molecule has 2 aliphatic heterocycles. The number of nitro groups is 1. The monoisotopic (exact) mass is 350 g/mol. The van der Waals surface area contributed by atoms with Crippen LogP contribution >= 0.6 is 11.8 Å². The van der Waals surface area contributed by atoms with E-state index < -0.39 is 4.92 Å². The third kappa shape index (κ3) is 3.57. The van der Waals surface area contributed by atoms with Crippen molar-refractivity contribution in [1.29, 1.82) is 0 Å². The molecule has 6 nitrogen and oxygen atoms in total. The molecule has 1 amide bonds. The molecule has 2 heterocycles. The van der Waals surface area contributed by atoms with Gasteiger partial charge in [-0.2, -0.15) is 11.8 Å². The molecule has 0 N–H and O–H groups in total. The third-order valence-corrected chi connectivity index (χ3v) is 5.91. The van der Waals surface area contributed by atoms with E-state index in [0.29, 0.717) is 17.7 Å². The van der Waals surface area contributed by atoms with Crippen LogP contribution < -0.4 is 0 Å². The Morgan fingerprint density at radius 1 is 1.46 bits per heavy atom. The zero-order chi connectivity index (χ0) is 17.1. The summed E-state index contributed by atoms with van der Waals surface area (Å²) in [5, 5.41) is 11.2. The van der Waals surface area contributed by atoms with Gasteiger partial charge in [-0.3, -0.25) is 14.9 Å². The van der Waals surface area contributed by atoms with Crippen LogP contribution in [0.15, 0.2) is 18.2 Å². The zero-order valence-corrected chi connectivity index (χ0v) is 14.6. The Labute approximate surface area is 145 Å². The average Bonchev–Trinajstić information content (AvgIpc) is 3.25. The maximum Gasteiger partial charge on any atom is 0.273 e. The maximum atomic E-state index is 13.2. The van der Waals surface area contributed by atoms with Crippen LogP contribution in [-0.2, 0) is 4.74 Å². The Morgan fingerprint density at radius 3 is 2.92 bits per heavy atom. The molecule has 2 atom stereocenters. The first-order valence-corrected chi connectivity index (χ1v) is 9.47. The molecular weight excluding hydrogens is 328 g/mol. The van der Waals surface area contributed by atoms with Gasteiger partial charge < -0.3 is 9.64 Å². The maximum absolute atomic E-state index is 13.2. The van der Waals surface area contributed by atoms with E-state index in [4.69, 9.17) is 4.74 Å². The highest BCUT2D eigenvalue weighted by atomic mass is 32.2. The molecule has 0 aliphatic carbocycles. The van der Waals surface area contributed by atoms with Crippen LogP contribution in [0, 0.1) is 17.0 Å². The Bertz CT molecular complexity index is 625. The van der Waals surface area contributed by atoms with Crippen LogP contribution in [-0.4, -0.2) is 52.5 Å². The topological polar surface area (TPSA) is 72.7 Å². The highest BCUT2D eigenvalue weighted by molar-refractivity contribution is 7.99. The van der Waals surface area contributed by atoms with Crippen LogP contribution in [0.1, 0.15) is 35.2 Å². The van der Waals surface area contributed by atoms with Crippen LogP contribution in [0.2, 0.25) is 0 Å². The lowest BCUT2D eigenvalue weighted by Crippen LogP contribution is -2.45. The first-order chi connectivity index (χ1) is 11.6. The number of benzene rings is 1. The Balaban J connectivity index is 1.87. The van der Waals surface area contributed by atoms with Gasteiger partial charge in [0.15, 0.2) is 0 Å². The second-order valence-electron chi connectivity index (χ2n) is 6.32. The van der Waals surface area contributed by atoms with E-state index in [-0.39, 0.29) is 23.7 Å². The summed E-state index contributed by atoms with van der Waals surface area (Å²) in [7, 11) is 0. The van der Waals surface area contributed by atoms with Gasteiger partial charge in [0.25, 0.3) is 11.6 Å². The fourth-order valence-corrected chi connectivity index (χ4v) is 4.61. The normalized spacial score (nSPS) is 23.4. The van der Waals surface area contributed by atoms with Gasteiger partial charge in [0.05, 0.1) is 11.0 Å². The highest BCUT2D eigenvalue weighted by Crippen LogP contribution is 2.28. The number of hydrogen-bond donors (Lipinski definition) is 0. The van der Waals surface area contributed by atoms with E-state index >= 15 is 0 Å². The van der Waals surface area contributed by atoms with Crippen molar-refractivity contribution in [1.82, 2.24) is 4.90 Å². The van der Waals surface area contributed by atoms with E-state index in [1.807, 2.05) is 16.7 Å². The van der Waals surface area contributed by atoms with Gasteiger partial charge >= 0.3 is 0 Å². The average molecular weight is 350 g/mol. The fourth-order valence-electron chi connectivity index (χ4n) is 3.38. The summed E-state index contributed by atoms with van der Waals surface area (Å²) in [6.07, 6.45) is 3.05. The molecule has 0 radical (unpaired) electrons. The van der Waals surface area contributed by atoms with Gasteiger partial charge in [-0.25, -0.2) is 0 Å². The van der Waals surface area contributed by atoms with Crippen molar-refractivity contribution in [3.63, 3.8) is 0 Å². The van der Waals surface area contributed by atoms with Crippen LogP contribution in [0.25, 0.3) is 0 Å². The van der Waals surface area contributed by atoms with E-state index in [1.54, 1.807) is 19.1 Å². The Hall–Kier alpha value is -1.60. The predicted octanol–water partition coefficient (Wildman–Crippen LogP) is 3.03. The predicted molar refractivity (Wildman–Crippen MR) is 93.6 cm³/mol. The largest absolute Gasteiger partial charge is 0.376 e. The minimum absolute atomic E-state index is 0.00119. The van der Waals surface area contributed by atoms with Crippen molar-refractivity contribution in [2.75, 3.05) is 24.7 Å². The minimum atomic E-state index is -0.429. The number of thioether (sulfide) groups is 1. The smallest absolute Gasteiger partial charge is 0.273 e. The lowest BCUT2D eigenvalue weighted by Gasteiger charge is -2.31. The van der Waals surface area contributed by atoms with Crippen molar-refractivity contribution in [2.45, 2.75) is 38.3 Å². The van der Waals surface area contributed by atoms with Crippen LogP contribution in [0.5, 0.6) is 0 Å². The van der Waals surface area contributed by atoms with Crippen molar-refractivity contribution in [2.24, 2.45) is 0 Å². The standard InChI is InChI=1S/C17H22N2O4S/c1-12-15(5-2-6-16(12)19(21)22)17(20)18(13-7-9-24-11-13)10-14-4-3-8-23-14/h2,5-6,13-14H,3-4,7-11H2,1H3/t13-,14-/m0/s1. The molecule has 7 heteroatoms. The summed E-state index contributed by atoms with van der Waals surface area (Å²) in [6.45, 7) is 2.98. The SMILES string of the molecule is Cc1c(C(=O)N(C[C@@H]2CCCO2)[C@H]2CCSC2)cccc1[N+](=O)[O-]. The van der Waals surface area contributed by atoms with E-state index in [1.165, 1.54) is 6.07 Å². The molecule has 0 saturated carbocycles. The molecule has 3 rings (SSSR count). The molecule has 2 fully saturated rings. The van der Waals surface area contributed by atoms with Gasteiger partial charge in [0.2, 0.25) is 0 Å². The molecule has 0 bridgehead atoms. The van der Waals surface area contributed by atoms with Gasteiger partial charge in [-0.15, -0.1) is 0 Å². The molecule has 1 aromatic rings. The fraction of sp³-hybridized carbons (Fsp3) is 0.588. The number of carbonyl (C=O) groups is 1. The molecule has 130 valence electrons. The number of rotatable bonds is 5. The van der Waals surface area contributed by atoms with Gasteiger partial charge in [0, 0.05) is 42.1 Å². The Kier molecular flexibility index (Phi) is 5.40. The molecule has 0 spiro atoms. The van der Waals surface area contributed by atoms with Crippen molar-refractivity contribution in [3.8, 4) is 0 Å². The molecule has 0 aromatic heterocycles. The highest BCUT2D eigenvalue weighted by Gasteiger charge is 2.32. The summed E-state index contributed by atoms with van der Waals surface area (Å²) in [5.41, 5.74) is 0.869. The van der Waals surface area contributed by atoms with Crippen LogP contribution in [0.4, 0.5) is 5.69 Å². The molecule has 0 unspecified atom stereocenters. The number of hydrogen-bond acceptors (Lipinski definition) is 5. The van der Waals surface area contributed by atoms with Gasteiger partial charge in [-0.05, 0) is 38.0 Å². The number of nitro benzene ring substituents is 1. The number of amides is 1. The molecule has 2 aliphatic rings. The van der Waals surface area contributed by atoms with Crippen molar-refractivity contribution < 1.29 is 14.5 Å². The van der Waals surface area contributed by atoms with Gasteiger partial charge in [0.1, 0.15) is 0 Å². The summed E-state index contributed by atoms with van der Waals surface area (Å²) in [4.78, 5) is 25.8. The van der Waals surface area contributed by atoms with Crippen molar-refractivity contribution in [3.05, 3.63) is 39.4 Å². The summed E-state index contributed by atoms with van der Waals surface area (Å²) < 4.78 is 5.71. The number of nitrogens with zero attached hydrogens (tertiary/aromatic N) is 2. The number of carbonyl (C=O) groups excluding carboxylic acids is 1. The molecule has 1 aromatic carbocycles. The van der Waals surface area contributed by atoms with Gasteiger partial charge in [-0.1, -0.05) is 6.07 Å². The molecule has 2 saturated heterocycles. The lowest BCUT2D eigenvalue weighted by atomic mass is 10.0. The molecule has 24 heavy (non-hydrogen) atoms. The van der Waals surface area contributed by atoms with E-state index in [0.717, 1.165) is 37.4 Å². The lowest BCUT2D eigenvalue weighted by molar-refractivity contribution is -0.385. The Morgan fingerprint density at radius 2 is 2.29 bits per heavy atom. The van der Waals surface area contributed by atoms with E-state index in [9.17, 15) is 14.9 Å². The van der Waals surface area contributed by atoms with E-state index in [2.05, 4.69) is 0 Å². The van der Waals surface area contributed by atoms with Crippen molar-refractivity contribution >= 4 is 23.4 Å². The quantitative estimate of drug-likeness (QED) is 0.603. The molecular formula is C17H22N2O4S. The summed E-state index contributed by atoms with van der Waals surface area (Å²) >= 11 is 1.85. The third-order valence-electron chi connectivity index (χ3n) is 4.76. The summed E-state index contributed by atoms with van der Waals surface area (Å²) in [6, 6.07) is 4.91.